The minimum Gasteiger partial charge on any atom is -0.271 e. The summed E-state index contributed by atoms with van der Waals surface area (Å²) in [6.45, 7) is 0. The third kappa shape index (κ3) is 3.50. The van der Waals surface area contributed by atoms with Crippen molar-refractivity contribution in [3.63, 3.8) is 0 Å². The van der Waals surface area contributed by atoms with Crippen molar-refractivity contribution in [2.24, 2.45) is 5.84 Å². The molecular weight excluding hydrogens is 322 g/mol. The second-order valence-corrected chi connectivity index (χ2v) is 6.20. The zero-order valence-electron chi connectivity index (χ0n) is 8.86. The van der Waals surface area contributed by atoms with Crippen LogP contribution in [0.2, 0.25) is 4.34 Å². The summed E-state index contributed by atoms with van der Waals surface area (Å²) >= 11 is 10.8. The molecule has 90 valence electrons. The molecule has 2 rings (SSSR count). The first-order chi connectivity index (χ1) is 8.19. The van der Waals surface area contributed by atoms with Crippen LogP contribution in [0.15, 0.2) is 34.9 Å². The van der Waals surface area contributed by atoms with Gasteiger partial charge in [-0.15, -0.1) is 11.3 Å². The minimum absolute atomic E-state index is 0.0428. The lowest BCUT2D eigenvalue weighted by molar-refractivity contribution is 0.554. The quantitative estimate of drug-likeness (QED) is 0.667. The average molecular weight is 333 g/mol. The predicted molar refractivity (Wildman–Crippen MR) is 75.0 cm³/mol. The molecule has 0 aliphatic carbocycles. The highest BCUT2D eigenvalue weighted by molar-refractivity contribution is 9.10. The Kier molecular flexibility index (Phi) is 4.53. The summed E-state index contributed by atoms with van der Waals surface area (Å²) in [6.07, 6.45) is 2.52. The van der Waals surface area contributed by atoms with Crippen molar-refractivity contribution < 1.29 is 0 Å². The van der Waals surface area contributed by atoms with Crippen LogP contribution in [0, 0.1) is 0 Å². The number of hydrogen-bond donors (Lipinski definition) is 2. The summed E-state index contributed by atoms with van der Waals surface area (Å²) < 4.78 is 1.74. The average Bonchev–Trinajstić information content (AvgIpc) is 2.75. The molecule has 2 aromatic rings. The van der Waals surface area contributed by atoms with E-state index in [0.717, 1.165) is 25.8 Å². The summed E-state index contributed by atoms with van der Waals surface area (Å²) in [5.74, 6) is 5.57. The Labute approximate surface area is 117 Å². The van der Waals surface area contributed by atoms with E-state index in [-0.39, 0.29) is 6.04 Å². The molecule has 1 unspecified atom stereocenters. The van der Waals surface area contributed by atoms with Gasteiger partial charge in [0.2, 0.25) is 0 Å². The van der Waals surface area contributed by atoms with Crippen molar-refractivity contribution in [2.75, 3.05) is 0 Å². The zero-order chi connectivity index (χ0) is 12.3. The van der Waals surface area contributed by atoms with Gasteiger partial charge in [-0.05, 0) is 40.2 Å². The van der Waals surface area contributed by atoms with Crippen molar-refractivity contribution in [3.8, 4) is 0 Å². The van der Waals surface area contributed by atoms with E-state index in [1.54, 1.807) is 6.20 Å². The van der Waals surface area contributed by atoms with Crippen LogP contribution in [0.4, 0.5) is 0 Å². The summed E-state index contributed by atoms with van der Waals surface area (Å²) in [5, 5.41) is 0. The first-order valence-electron chi connectivity index (χ1n) is 5.01. The second kappa shape index (κ2) is 5.93. The highest BCUT2D eigenvalue weighted by Crippen LogP contribution is 2.28. The number of hydrogen-bond acceptors (Lipinski definition) is 4. The number of rotatable bonds is 4. The molecular formula is C11H11BrClN3S. The van der Waals surface area contributed by atoms with Gasteiger partial charge in [0.05, 0.1) is 10.4 Å². The summed E-state index contributed by atoms with van der Waals surface area (Å²) in [4.78, 5) is 5.44. The Morgan fingerprint density at radius 3 is 2.76 bits per heavy atom. The molecule has 2 aromatic heterocycles. The molecule has 6 heteroatoms. The van der Waals surface area contributed by atoms with Crippen LogP contribution < -0.4 is 11.3 Å². The monoisotopic (exact) mass is 331 g/mol. The van der Waals surface area contributed by atoms with Crippen LogP contribution in [-0.4, -0.2) is 4.98 Å². The Hall–Kier alpha value is -0.460. The molecule has 0 amide bonds. The normalized spacial score (nSPS) is 12.6. The molecule has 0 saturated carbocycles. The van der Waals surface area contributed by atoms with Gasteiger partial charge in [-0.3, -0.25) is 16.3 Å². The van der Waals surface area contributed by atoms with Crippen LogP contribution in [-0.2, 0) is 6.42 Å². The number of nitrogens with one attached hydrogen (secondary N) is 1. The van der Waals surface area contributed by atoms with E-state index in [9.17, 15) is 0 Å². The summed E-state index contributed by atoms with van der Waals surface area (Å²) in [5.41, 5.74) is 3.78. The largest absolute Gasteiger partial charge is 0.271 e. The second-order valence-electron chi connectivity index (χ2n) is 3.53. The van der Waals surface area contributed by atoms with E-state index in [1.807, 2.05) is 24.3 Å². The Morgan fingerprint density at radius 2 is 2.24 bits per heavy atom. The zero-order valence-corrected chi connectivity index (χ0v) is 12.0. The van der Waals surface area contributed by atoms with E-state index < -0.39 is 0 Å². The molecule has 1 atom stereocenters. The smallest absolute Gasteiger partial charge is 0.0931 e. The first kappa shape index (κ1) is 13.0. The van der Waals surface area contributed by atoms with Gasteiger partial charge >= 0.3 is 0 Å². The maximum Gasteiger partial charge on any atom is 0.0931 e. The van der Waals surface area contributed by atoms with Gasteiger partial charge in [-0.2, -0.15) is 0 Å². The topological polar surface area (TPSA) is 50.9 Å². The molecule has 0 aliphatic heterocycles. The lowest BCUT2D eigenvalue weighted by atomic mass is 10.1. The molecule has 0 aromatic carbocycles. The number of halogens is 2. The molecule has 2 heterocycles. The number of aromatic nitrogens is 1. The van der Waals surface area contributed by atoms with Crippen LogP contribution >= 0.6 is 38.9 Å². The van der Waals surface area contributed by atoms with Crippen LogP contribution in [0.5, 0.6) is 0 Å². The van der Waals surface area contributed by atoms with E-state index in [4.69, 9.17) is 17.4 Å². The maximum absolute atomic E-state index is 5.91. The lowest BCUT2D eigenvalue weighted by Crippen LogP contribution is -2.29. The van der Waals surface area contributed by atoms with Gasteiger partial charge < -0.3 is 0 Å². The lowest BCUT2D eigenvalue weighted by Gasteiger charge is -2.13. The molecule has 0 spiro atoms. The fraction of sp³-hybridized carbons (Fsp3) is 0.182. The molecule has 0 aliphatic rings. The van der Waals surface area contributed by atoms with Gasteiger partial charge in [-0.1, -0.05) is 11.6 Å². The first-order valence-corrected chi connectivity index (χ1v) is 6.99. The standard InChI is InChI=1S/C11H11BrClN3S/c12-7-1-2-8(15-6-7)5-9(16-14)10-3-4-11(13)17-10/h1-4,6,9,16H,5,14H2. The fourth-order valence-electron chi connectivity index (χ4n) is 1.49. The number of thiophene rings is 1. The van der Waals surface area contributed by atoms with Gasteiger partial charge in [0.25, 0.3) is 0 Å². The SMILES string of the molecule is NNC(Cc1ccc(Br)cn1)c1ccc(Cl)s1. The van der Waals surface area contributed by atoms with Crippen molar-refractivity contribution in [1.82, 2.24) is 10.4 Å². The van der Waals surface area contributed by atoms with Crippen molar-refractivity contribution >= 4 is 38.9 Å². The Morgan fingerprint density at radius 1 is 1.41 bits per heavy atom. The summed E-state index contributed by atoms with van der Waals surface area (Å²) in [6, 6.07) is 7.85. The third-order valence-corrected chi connectivity index (χ3v) is 4.15. The molecule has 0 fully saturated rings. The summed E-state index contributed by atoms with van der Waals surface area (Å²) in [7, 11) is 0. The van der Waals surface area contributed by atoms with E-state index in [0.29, 0.717) is 0 Å². The molecule has 0 bridgehead atoms. The molecule has 0 saturated heterocycles. The van der Waals surface area contributed by atoms with Crippen molar-refractivity contribution in [2.45, 2.75) is 12.5 Å². The Bertz CT molecular complexity index is 486. The minimum atomic E-state index is 0.0428. The highest BCUT2D eigenvalue weighted by atomic mass is 79.9. The number of nitrogens with two attached hydrogens (primary N) is 1. The molecule has 3 N–H and O–H groups in total. The van der Waals surface area contributed by atoms with E-state index >= 15 is 0 Å². The molecule has 3 nitrogen and oxygen atoms in total. The molecule has 0 radical (unpaired) electrons. The Balaban J connectivity index is 2.12. The fourth-order valence-corrected chi connectivity index (χ4v) is 2.85. The van der Waals surface area contributed by atoms with Gasteiger partial charge in [0.15, 0.2) is 0 Å². The van der Waals surface area contributed by atoms with Crippen LogP contribution in [0.3, 0.4) is 0 Å². The highest BCUT2D eigenvalue weighted by Gasteiger charge is 2.13. The van der Waals surface area contributed by atoms with Crippen molar-refractivity contribution in [1.29, 1.82) is 0 Å². The third-order valence-electron chi connectivity index (χ3n) is 2.34. The van der Waals surface area contributed by atoms with Gasteiger partial charge in [0, 0.05) is 27.7 Å². The van der Waals surface area contributed by atoms with E-state index in [2.05, 4.69) is 26.3 Å². The maximum atomic E-state index is 5.91. The predicted octanol–water partition coefficient (Wildman–Crippen LogP) is 3.31. The number of nitrogens with zero attached hydrogens (tertiary/aromatic N) is 1. The van der Waals surface area contributed by atoms with Crippen LogP contribution in [0.25, 0.3) is 0 Å². The van der Waals surface area contributed by atoms with Gasteiger partial charge in [-0.25, -0.2) is 0 Å². The van der Waals surface area contributed by atoms with Crippen molar-refractivity contribution in [3.05, 3.63) is 49.8 Å². The van der Waals surface area contributed by atoms with Crippen LogP contribution in [0.1, 0.15) is 16.6 Å². The van der Waals surface area contributed by atoms with E-state index in [1.165, 1.54) is 11.3 Å². The number of hydrazine groups is 1. The van der Waals surface area contributed by atoms with Gasteiger partial charge in [0.1, 0.15) is 0 Å². The molecule has 17 heavy (non-hydrogen) atoms. The number of pyridine rings is 1.